The maximum absolute atomic E-state index is 9.39. The Labute approximate surface area is 169 Å². The van der Waals surface area contributed by atoms with Crippen LogP contribution in [0.3, 0.4) is 0 Å². The largest absolute Gasteiger partial charge is 0.396 e. The predicted molar refractivity (Wildman–Crippen MR) is 115 cm³/mol. The van der Waals surface area contributed by atoms with Gasteiger partial charge in [-0.15, -0.1) is 0 Å². The molecule has 1 rings (SSSR count). The highest BCUT2D eigenvalue weighted by molar-refractivity contribution is 4.79. The Bertz CT molecular complexity index is 296. The highest BCUT2D eigenvalue weighted by atomic mass is 16.5. The second-order valence-electron chi connectivity index (χ2n) is 8.89. The van der Waals surface area contributed by atoms with Gasteiger partial charge in [0.1, 0.15) is 0 Å². The zero-order valence-corrected chi connectivity index (χ0v) is 18.2. The van der Waals surface area contributed by atoms with Crippen LogP contribution in [0.15, 0.2) is 0 Å². The first-order chi connectivity index (χ1) is 13.3. The number of rotatable bonds is 18. The summed E-state index contributed by atoms with van der Waals surface area (Å²) in [6, 6.07) is 0. The maximum atomic E-state index is 9.39. The van der Waals surface area contributed by atoms with E-state index in [-0.39, 0.29) is 19.3 Å². The molecule has 1 fully saturated rings. The van der Waals surface area contributed by atoms with Gasteiger partial charge in [-0.25, -0.2) is 0 Å². The van der Waals surface area contributed by atoms with Crippen molar-refractivity contribution in [3.05, 3.63) is 0 Å². The molecule has 0 amide bonds. The van der Waals surface area contributed by atoms with Crippen LogP contribution >= 0.6 is 0 Å². The van der Waals surface area contributed by atoms with Crippen LogP contribution in [0.25, 0.3) is 0 Å². The quantitative estimate of drug-likeness (QED) is 0.274. The number of unbranched alkanes of at least 4 members (excludes halogenated alkanes) is 13. The molecule has 3 nitrogen and oxygen atoms in total. The number of hydrogen-bond donors (Lipinski definition) is 2. The molecule has 0 aromatic rings. The lowest BCUT2D eigenvalue weighted by Crippen LogP contribution is -2.32. The predicted octanol–water partition coefficient (Wildman–Crippen LogP) is 6.25. The van der Waals surface area contributed by atoms with Crippen LogP contribution in [0.4, 0.5) is 0 Å². The summed E-state index contributed by atoms with van der Waals surface area (Å²) in [5.41, 5.74) is 0. The molecule has 2 N–H and O–H groups in total. The van der Waals surface area contributed by atoms with E-state index in [1.807, 2.05) is 0 Å². The van der Waals surface area contributed by atoms with Crippen LogP contribution in [-0.2, 0) is 4.74 Å². The molecule has 0 saturated heterocycles. The average molecular weight is 385 g/mol. The molecule has 1 aliphatic rings. The van der Waals surface area contributed by atoms with E-state index in [0.717, 1.165) is 32.3 Å². The van der Waals surface area contributed by atoms with Gasteiger partial charge in [0.2, 0.25) is 0 Å². The van der Waals surface area contributed by atoms with Crippen molar-refractivity contribution in [2.45, 2.75) is 122 Å². The zero-order chi connectivity index (χ0) is 19.6. The first-order valence-corrected chi connectivity index (χ1v) is 12.1. The van der Waals surface area contributed by atoms with E-state index in [4.69, 9.17) is 4.74 Å². The van der Waals surface area contributed by atoms with Crippen molar-refractivity contribution >= 4 is 0 Å². The molecule has 0 radical (unpaired) electrons. The molecule has 1 saturated carbocycles. The van der Waals surface area contributed by atoms with Crippen LogP contribution in [0.1, 0.15) is 116 Å². The van der Waals surface area contributed by atoms with Gasteiger partial charge in [0.25, 0.3) is 0 Å². The standard InChI is InChI=1S/C24H48O3/c1-2-3-4-5-6-7-8-9-10-11-12-13-14-15-16-27-24-18-22(20-25)17-23(19-24)21-26/h22-26H,2-21H2,1H3. The lowest BCUT2D eigenvalue weighted by Gasteiger charge is -2.33. The second kappa shape index (κ2) is 17.9. The molecule has 0 aliphatic heterocycles. The topological polar surface area (TPSA) is 49.7 Å². The molecule has 0 heterocycles. The Kier molecular flexibility index (Phi) is 16.6. The number of aliphatic hydroxyl groups excluding tert-OH is 2. The lowest BCUT2D eigenvalue weighted by atomic mass is 9.80. The molecule has 162 valence electrons. The average Bonchev–Trinajstić information content (AvgIpc) is 2.70. The van der Waals surface area contributed by atoms with Gasteiger partial charge in [0.15, 0.2) is 0 Å². The summed E-state index contributed by atoms with van der Waals surface area (Å²) in [4.78, 5) is 0. The number of aliphatic hydroxyl groups is 2. The summed E-state index contributed by atoms with van der Waals surface area (Å²) in [7, 11) is 0. The third-order valence-electron chi connectivity index (χ3n) is 6.23. The third kappa shape index (κ3) is 13.7. The van der Waals surface area contributed by atoms with Crippen molar-refractivity contribution < 1.29 is 14.9 Å². The molecule has 27 heavy (non-hydrogen) atoms. The van der Waals surface area contributed by atoms with Crippen LogP contribution in [0, 0.1) is 11.8 Å². The molecule has 0 aromatic heterocycles. The van der Waals surface area contributed by atoms with Crippen molar-refractivity contribution in [1.29, 1.82) is 0 Å². The van der Waals surface area contributed by atoms with E-state index in [9.17, 15) is 10.2 Å². The van der Waals surface area contributed by atoms with E-state index in [1.54, 1.807) is 0 Å². The molecular formula is C24H48O3. The van der Waals surface area contributed by atoms with Crippen molar-refractivity contribution in [2.24, 2.45) is 11.8 Å². The van der Waals surface area contributed by atoms with Gasteiger partial charge >= 0.3 is 0 Å². The van der Waals surface area contributed by atoms with Crippen LogP contribution in [0.2, 0.25) is 0 Å². The highest BCUT2D eigenvalue weighted by Crippen LogP contribution is 2.30. The van der Waals surface area contributed by atoms with Crippen LogP contribution in [-0.4, -0.2) is 36.1 Å². The zero-order valence-electron chi connectivity index (χ0n) is 18.2. The molecule has 2 atom stereocenters. The summed E-state index contributed by atoms with van der Waals surface area (Å²) in [5, 5.41) is 18.8. The minimum absolute atomic E-state index is 0.231. The molecule has 2 unspecified atom stereocenters. The minimum atomic E-state index is 0.231. The van der Waals surface area contributed by atoms with Crippen LogP contribution in [0.5, 0.6) is 0 Å². The van der Waals surface area contributed by atoms with Gasteiger partial charge < -0.3 is 14.9 Å². The molecule has 3 heteroatoms. The lowest BCUT2D eigenvalue weighted by molar-refractivity contribution is -0.0249. The summed E-state index contributed by atoms with van der Waals surface area (Å²) >= 11 is 0. The van der Waals surface area contributed by atoms with E-state index in [2.05, 4.69) is 6.92 Å². The SMILES string of the molecule is CCCCCCCCCCCCCCCCOC1CC(CO)CC(CO)C1. The number of hydrogen-bond acceptors (Lipinski definition) is 3. The van der Waals surface area contributed by atoms with Gasteiger partial charge in [-0.3, -0.25) is 0 Å². The maximum Gasteiger partial charge on any atom is 0.0582 e. The molecular weight excluding hydrogens is 336 g/mol. The summed E-state index contributed by atoms with van der Waals surface area (Å²) in [6.45, 7) is 3.59. The fraction of sp³-hybridized carbons (Fsp3) is 1.00. The summed E-state index contributed by atoms with van der Waals surface area (Å²) in [6.07, 6.45) is 22.5. The van der Waals surface area contributed by atoms with Gasteiger partial charge in [-0.2, -0.15) is 0 Å². The molecule has 0 bridgehead atoms. The molecule has 1 aliphatic carbocycles. The van der Waals surface area contributed by atoms with Crippen molar-refractivity contribution in [1.82, 2.24) is 0 Å². The number of ether oxygens (including phenoxy) is 1. The normalized spacial score (nSPS) is 23.0. The van der Waals surface area contributed by atoms with Crippen molar-refractivity contribution in [2.75, 3.05) is 19.8 Å². The van der Waals surface area contributed by atoms with Gasteiger partial charge in [0, 0.05) is 19.8 Å². The highest BCUT2D eigenvalue weighted by Gasteiger charge is 2.28. The van der Waals surface area contributed by atoms with Gasteiger partial charge in [0.05, 0.1) is 6.10 Å². The first kappa shape index (κ1) is 24.9. The van der Waals surface area contributed by atoms with Gasteiger partial charge in [-0.1, -0.05) is 90.4 Å². The monoisotopic (exact) mass is 384 g/mol. The smallest absolute Gasteiger partial charge is 0.0582 e. The minimum Gasteiger partial charge on any atom is -0.396 e. The fourth-order valence-corrected chi connectivity index (χ4v) is 4.48. The van der Waals surface area contributed by atoms with E-state index in [0.29, 0.717) is 11.8 Å². The second-order valence-corrected chi connectivity index (χ2v) is 8.89. The Balaban J connectivity index is 1.82. The molecule has 0 spiro atoms. The summed E-state index contributed by atoms with van der Waals surface area (Å²) in [5.74, 6) is 0.634. The Morgan fingerprint density at radius 3 is 1.41 bits per heavy atom. The van der Waals surface area contributed by atoms with E-state index < -0.39 is 0 Å². The Morgan fingerprint density at radius 1 is 0.593 bits per heavy atom. The Morgan fingerprint density at radius 2 is 1.00 bits per heavy atom. The third-order valence-corrected chi connectivity index (χ3v) is 6.23. The van der Waals surface area contributed by atoms with Gasteiger partial charge in [-0.05, 0) is 37.5 Å². The first-order valence-electron chi connectivity index (χ1n) is 12.1. The van der Waals surface area contributed by atoms with Crippen molar-refractivity contribution in [3.63, 3.8) is 0 Å². The van der Waals surface area contributed by atoms with E-state index in [1.165, 1.54) is 83.5 Å². The fourth-order valence-electron chi connectivity index (χ4n) is 4.48. The van der Waals surface area contributed by atoms with Crippen molar-refractivity contribution in [3.8, 4) is 0 Å². The molecule has 0 aromatic carbocycles. The Hall–Kier alpha value is -0.120. The van der Waals surface area contributed by atoms with E-state index >= 15 is 0 Å². The summed E-state index contributed by atoms with van der Waals surface area (Å²) < 4.78 is 6.03. The van der Waals surface area contributed by atoms with Crippen LogP contribution < -0.4 is 0 Å².